The van der Waals surface area contributed by atoms with Gasteiger partial charge in [-0.25, -0.2) is 13.2 Å². The molecule has 3 nitrogen and oxygen atoms in total. The molecule has 1 aliphatic rings. The van der Waals surface area contributed by atoms with E-state index in [1.54, 1.807) is 6.07 Å². The second kappa shape index (κ2) is 8.68. The lowest BCUT2D eigenvalue weighted by Crippen LogP contribution is -2.43. The number of carbonyl (C=O) groups excluding carboxylic acids is 1. The molecule has 3 aromatic rings. The number of nitrogens with zero attached hydrogens (tertiary/aromatic N) is 1. The van der Waals surface area contributed by atoms with Gasteiger partial charge < -0.3 is 10.2 Å². The van der Waals surface area contributed by atoms with Gasteiger partial charge in [-0.1, -0.05) is 6.07 Å². The van der Waals surface area contributed by atoms with Crippen molar-refractivity contribution in [2.75, 3.05) is 11.9 Å². The first-order valence-corrected chi connectivity index (χ1v) is 10.8. The standard InChI is InChI=1S/C23H23F3N2OS/c1-28(19-3-2-4-20-18(19)13-21(30-20)22(25)26)17-11-9-16(10-12-17)27-23(29)14-5-7-15(24)8-6-14/h2-8,13,16-17,22H,9-12H2,1H3,(H,27,29)/t16-,17+. The monoisotopic (exact) mass is 432 g/mol. The first-order valence-electron chi connectivity index (χ1n) is 10.0. The van der Waals surface area contributed by atoms with Gasteiger partial charge in [-0.3, -0.25) is 4.79 Å². The molecule has 2 aromatic carbocycles. The van der Waals surface area contributed by atoms with Gasteiger partial charge in [-0.2, -0.15) is 0 Å². The number of benzene rings is 2. The number of hydrogen-bond acceptors (Lipinski definition) is 3. The van der Waals surface area contributed by atoms with Crippen LogP contribution in [0.25, 0.3) is 10.1 Å². The molecule has 0 radical (unpaired) electrons. The molecule has 0 aliphatic heterocycles. The Labute approximate surface area is 177 Å². The Morgan fingerprint density at radius 3 is 2.47 bits per heavy atom. The first-order chi connectivity index (χ1) is 14.4. The highest BCUT2D eigenvalue weighted by molar-refractivity contribution is 7.19. The molecular formula is C23H23F3N2OS. The number of anilines is 1. The summed E-state index contributed by atoms with van der Waals surface area (Å²) in [5.74, 6) is -0.550. The highest BCUT2D eigenvalue weighted by Gasteiger charge is 2.26. The molecule has 1 aromatic heterocycles. The fraction of sp³-hybridized carbons (Fsp3) is 0.348. The second-order valence-electron chi connectivity index (χ2n) is 7.74. The SMILES string of the molecule is CN(c1cccc2sc(C(F)F)cc12)[C@H]1CC[C@@H](NC(=O)c2ccc(F)cc2)CC1. The van der Waals surface area contributed by atoms with Crippen LogP contribution in [0.3, 0.4) is 0 Å². The van der Waals surface area contributed by atoms with E-state index < -0.39 is 6.43 Å². The van der Waals surface area contributed by atoms with Crippen molar-refractivity contribution in [1.82, 2.24) is 5.32 Å². The van der Waals surface area contributed by atoms with Crippen molar-refractivity contribution in [3.8, 4) is 0 Å². The van der Waals surface area contributed by atoms with Gasteiger partial charge in [0.25, 0.3) is 12.3 Å². The van der Waals surface area contributed by atoms with Crippen molar-refractivity contribution < 1.29 is 18.0 Å². The molecule has 30 heavy (non-hydrogen) atoms. The fourth-order valence-electron chi connectivity index (χ4n) is 4.15. The van der Waals surface area contributed by atoms with Crippen LogP contribution in [0.4, 0.5) is 18.9 Å². The maximum absolute atomic E-state index is 13.1. The summed E-state index contributed by atoms with van der Waals surface area (Å²) in [4.78, 5) is 14.6. The van der Waals surface area contributed by atoms with E-state index in [-0.39, 0.29) is 28.7 Å². The molecule has 0 unspecified atom stereocenters. The summed E-state index contributed by atoms with van der Waals surface area (Å²) in [6.07, 6.45) is 1.01. The minimum absolute atomic E-state index is 0.0783. The van der Waals surface area contributed by atoms with Gasteiger partial charge in [0, 0.05) is 40.5 Å². The molecule has 0 bridgehead atoms. The van der Waals surface area contributed by atoms with Crippen LogP contribution in [-0.4, -0.2) is 25.0 Å². The third-order valence-corrected chi connectivity index (χ3v) is 6.95. The minimum atomic E-state index is -2.46. The van der Waals surface area contributed by atoms with Crippen LogP contribution in [0.2, 0.25) is 0 Å². The number of halogens is 3. The summed E-state index contributed by atoms with van der Waals surface area (Å²) in [6, 6.07) is 13.3. The fourth-order valence-corrected chi connectivity index (χ4v) is 5.09. The summed E-state index contributed by atoms with van der Waals surface area (Å²) < 4.78 is 40.2. The van der Waals surface area contributed by atoms with Gasteiger partial charge in [0.1, 0.15) is 5.82 Å². The van der Waals surface area contributed by atoms with Crippen LogP contribution in [0.1, 0.15) is 47.3 Å². The number of carbonyl (C=O) groups is 1. The Kier molecular flexibility index (Phi) is 5.99. The van der Waals surface area contributed by atoms with E-state index in [0.717, 1.165) is 52.8 Å². The van der Waals surface area contributed by atoms with E-state index in [1.165, 1.54) is 24.3 Å². The molecule has 1 saturated carbocycles. The number of fused-ring (bicyclic) bond motifs is 1. The predicted octanol–water partition coefficient (Wildman–Crippen LogP) is 6.16. The number of hydrogen-bond donors (Lipinski definition) is 1. The maximum Gasteiger partial charge on any atom is 0.272 e. The minimum Gasteiger partial charge on any atom is -0.371 e. The third-order valence-electron chi connectivity index (χ3n) is 5.84. The molecule has 0 saturated heterocycles. The van der Waals surface area contributed by atoms with Gasteiger partial charge in [-0.15, -0.1) is 11.3 Å². The van der Waals surface area contributed by atoms with Crippen molar-refractivity contribution in [2.45, 2.75) is 44.2 Å². The zero-order chi connectivity index (χ0) is 21.3. The summed E-state index contributed by atoms with van der Waals surface area (Å²) >= 11 is 1.14. The Balaban J connectivity index is 1.40. The summed E-state index contributed by atoms with van der Waals surface area (Å²) in [5, 5.41) is 3.91. The second-order valence-corrected chi connectivity index (χ2v) is 8.85. The molecule has 0 atom stereocenters. The van der Waals surface area contributed by atoms with Gasteiger partial charge in [0.15, 0.2) is 0 Å². The quantitative estimate of drug-likeness (QED) is 0.524. The van der Waals surface area contributed by atoms with Gasteiger partial charge in [-0.05, 0) is 68.1 Å². The number of thiophene rings is 1. The third kappa shape index (κ3) is 4.31. The van der Waals surface area contributed by atoms with Crippen molar-refractivity contribution in [2.24, 2.45) is 0 Å². The Bertz CT molecular complexity index is 1030. The number of nitrogens with one attached hydrogen (secondary N) is 1. The molecular weight excluding hydrogens is 409 g/mol. The van der Waals surface area contributed by atoms with Crippen molar-refractivity contribution in [1.29, 1.82) is 0 Å². The Morgan fingerprint density at radius 2 is 1.80 bits per heavy atom. The highest BCUT2D eigenvalue weighted by atomic mass is 32.1. The van der Waals surface area contributed by atoms with Crippen molar-refractivity contribution in [3.05, 3.63) is 64.8 Å². The smallest absolute Gasteiger partial charge is 0.272 e. The zero-order valence-corrected chi connectivity index (χ0v) is 17.4. The summed E-state index contributed by atoms with van der Waals surface area (Å²) in [6.45, 7) is 0. The predicted molar refractivity (Wildman–Crippen MR) is 115 cm³/mol. The zero-order valence-electron chi connectivity index (χ0n) is 16.6. The van der Waals surface area contributed by atoms with E-state index in [1.807, 2.05) is 25.2 Å². The molecule has 1 amide bonds. The number of alkyl halides is 2. The Morgan fingerprint density at radius 1 is 1.10 bits per heavy atom. The van der Waals surface area contributed by atoms with Gasteiger partial charge in [0.05, 0.1) is 4.88 Å². The van der Waals surface area contributed by atoms with Crippen LogP contribution in [0.5, 0.6) is 0 Å². The number of rotatable bonds is 5. The molecule has 1 heterocycles. The average molecular weight is 433 g/mol. The largest absolute Gasteiger partial charge is 0.371 e. The van der Waals surface area contributed by atoms with E-state index in [0.29, 0.717) is 5.56 Å². The van der Waals surface area contributed by atoms with Crippen LogP contribution in [0.15, 0.2) is 48.5 Å². The summed E-state index contributed by atoms with van der Waals surface area (Å²) in [7, 11) is 2.01. The first kappa shape index (κ1) is 20.7. The maximum atomic E-state index is 13.1. The lowest BCUT2D eigenvalue weighted by Gasteiger charge is -2.36. The molecule has 1 aliphatic carbocycles. The van der Waals surface area contributed by atoms with Crippen LogP contribution in [-0.2, 0) is 0 Å². The topological polar surface area (TPSA) is 32.3 Å². The molecule has 0 spiro atoms. The van der Waals surface area contributed by atoms with E-state index in [4.69, 9.17) is 0 Å². The van der Waals surface area contributed by atoms with Crippen LogP contribution < -0.4 is 10.2 Å². The molecule has 7 heteroatoms. The van der Waals surface area contributed by atoms with Crippen LogP contribution >= 0.6 is 11.3 Å². The van der Waals surface area contributed by atoms with Gasteiger partial charge in [0.2, 0.25) is 0 Å². The molecule has 158 valence electrons. The van der Waals surface area contributed by atoms with E-state index in [9.17, 15) is 18.0 Å². The van der Waals surface area contributed by atoms with E-state index in [2.05, 4.69) is 10.2 Å². The summed E-state index contributed by atoms with van der Waals surface area (Å²) in [5.41, 5.74) is 1.42. The molecule has 1 N–H and O–H groups in total. The number of amides is 1. The van der Waals surface area contributed by atoms with E-state index >= 15 is 0 Å². The highest BCUT2D eigenvalue weighted by Crippen LogP contribution is 2.38. The Hall–Kier alpha value is -2.54. The van der Waals surface area contributed by atoms with Crippen molar-refractivity contribution in [3.63, 3.8) is 0 Å². The molecule has 4 rings (SSSR count). The molecule has 1 fully saturated rings. The lowest BCUT2D eigenvalue weighted by atomic mass is 9.89. The van der Waals surface area contributed by atoms with Crippen LogP contribution in [0, 0.1) is 5.82 Å². The van der Waals surface area contributed by atoms with Crippen molar-refractivity contribution >= 4 is 33.0 Å². The van der Waals surface area contributed by atoms with Gasteiger partial charge >= 0.3 is 0 Å². The normalized spacial score (nSPS) is 19.2. The lowest BCUT2D eigenvalue weighted by molar-refractivity contribution is 0.0925. The average Bonchev–Trinajstić information content (AvgIpc) is 3.19.